The molecule has 0 amide bonds. The van der Waals surface area contributed by atoms with Crippen LogP contribution in [0.1, 0.15) is 27.7 Å². The second kappa shape index (κ2) is 8.82. The van der Waals surface area contributed by atoms with Crippen molar-refractivity contribution in [2.24, 2.45) is 0 Å². The van der Waals surface area contributed by atoms with Crippen LogP contribution in [0.3, 0.4) is 0 Å². The summed E-state index contributed by atoms with van der Waals surface area (Å²) in [4.78, 5) is 0. The van der Waals surface area contributed by atoms with Crippen LogP contribution in [0.5, 0.6) is 0 Å². The van der Waals surface area contributed by atoms with E-state index in [0.717, 1.165) is 0 Å². The SMILES string of the molecule is CC(C)OCCOS(=O)(=O)OCCOC(C)C. The molecule has 0 radical (unpaired) electrons. The monoisotopic (exact) mass is 270 g/mol. The molecule has 0 aromatic rings. The fourth-order valence-electron chi connectivity index (χ4n) is 0.874. The summed E-state index contributed by atoms with van der Waals surface area (Å²) >= 11 is 0. The second-order valence-electron chi connectivity index (χ2n) is 3.89. The van der Waals surface area contributed by atoms with Gasteiger partial charge in [-0.05, 0) is 27.7 Å². The van der Waals surface area contributed by atoms with Gasteiger partial charge in [-0.25, -0.2) is 8.37 Å². The van der Waals surface area contributed by atoms with Crippen LogP contribution in [0.15, 0.2) is 0 Å². The second-order valence-corrected chi connectivity index (χ2v) is 5.18. The molecular formula is C10H22O6S. The Labute approximate surface area is 104 Å². The van der Waals surface area contributed by atoms with E-state index in [1.807, 2.05) is 27.7 Å². The number of hydrogen-bond donors (Lipinski definition) is 0. The molecule has 17 heavy (non-hydrogen) atoms. The Bertz CT molecular complexity index is 251. The molecule has 0 saturated carbocycles. The Morgan fingerprint density at radius 3 is 1.41 bits per heavy atom. The van der Waals surface area contributed by atoms with Gasteiger partial charge in [-0.1, -0.05) is 0 Å². The van der Waals surface area contributed by atoms with Gasteiger partial charge in [-0.2, -0.15) is 8.42 Å². The summed E-state index contributed by atoms with van der Waals surface area (Å²) in [7, 11) is -3.94. The zero-order valence-corrected chi connectivity index (χ0v) is 11.7. The predicted octanol–water partition coefficient (Wildman–Crippen LogP) is 1.11. The van der Waals surface area contributed by atoms with Gasteiger partial charge in [0.15, 0.2) is 0 Å². The molecule has 7 heteroatoms. The summed E-state index contributed by atoms with van der Waals surface area (Å²) in [6.45, 7) is 7.74. The molecular weight excluding hydrogens is 248 g/mol. The van der Waals surface area contributed by atoms with E-state index in [1.165, 1.54) is 0 Å². The van der Waals surface area contributed by atoms with Gasteiger partial charge in [0.1, 0.15) is 0 Å². The number of rotatable bonds is 10. The Balaban J connectivity index is 3.59. The third kappa shape index (κ3) is 12.0. The van der Waals surface area contributed by atoms with Gasteiger partial charge in [-0.3, -0.25) is 0 Å². The van der Waals surface area contributed by atoms with E-state index >= 15 is 0 Å². The van der Waals surface area contributed by atoms with Crippen molar-refractivity contribution in [2.75, 3.05) is 26.4 Å². The van der Waals surface area contributed by atoms with Crippen molar-refractivity contribution in [3.63, 3.8) is 0 Å². The van der Waals surface area contributed by atoms with Gasteiger partial charge in [0.05, 0.1) is 38.6 Å². The van der Waals surface area contributed by atoms with E-state index in [9.17, 15) is 8.42 Å². The van der Waals surface area contributed by atoms with Crippen LogP contribution >= 0.6 is 0 Å². The molecule has 0 rings (SSSR count). The van der Waals surface area contributed by atoms with Crippen LogP contribution in [0, 0.1) is 0 Å². The van der Waals surface area contributed by atoms with Crippen molar-refractivity contribution in [1.82, 2.24) is 0 Å². The maximum atomic E-state index is 11.2. The van der Waals surface area contributed by atoms with E-state index in [4.69, 9.17) is 9.47 Å². The molecule has 0 atom stereocenters. The maximum Gasteiger partial charge on any atom is 0.400 e. The van der Waals surface area contributed by atoms with Crippen LogP contribution < -0.4 is 0 Å². The van der Waals surface area contributed by atoms with Crippen molar-refractivity contribution in [2.45, 2.75) is 39.9 Å². The standard InChI is InChI=1S/C10H22O6S/c1-9(2)13-5-7-15-17(11,12)16-8-6-14-10(3)4/h9-10H,5-8H2,1-4H3. The third-order valence-corrected chi connectivity index (χ3v) is 2.44. The molecule has 0 aromatic heterocycles. The summed E-state index contributed by atoms with van der Waals surface area (Å²) < 4.78 is 41.7. The Hall–Kier alpha value is -0.210. The Kier molecular flexibility index (Phi) is 8.71. The molecule has 0 aromatic carbocycles. The molecule has 0 unspecified atom stereocenters. The molecule has 0 aliphatic heterocycles. The largest absolute Gasteiger partial charge is 0.400 e. The number of hydrogen-bond acceptors (Lipinski definition) is 6. The Morgan fingerprint density at radius 1 is 0.765 bits per heavy atom. The van der Waals surface area contributed by atoms with Crippen LogP contribution in [-0.2, 0) is 28.2 Å². The first-order chi connectivity index (χ1) is 7.83. The average Bonchev–Trinajstić information content (AvgIpc) is 2.19. The van der Waals surface area contributed by atoms with Crippen LogP contribution in [0.25, 0.3) is 0 Å². The normalized spacial score (nSPS) is 12.6. The maximum absolute atomic E-state index is 11.2. The van der Waals surface area contributed by atoms with Crippen molar-refractivity contribution < 1.29 is 26.3 Å². The highest BCUT2D eigenvalue weighted by Gasteiger charge is 2.11. The van der Waals surface area contributed by atoms with Crippen LogP contribution in [0.4, 0.5) is 0 Å². The first kappa shape index (κ1) is 16.8. The van der Waals surface area contributed by atoms with E-state index in [-0.39, 0.29) is 38.6 Å². The van der Waals surface area contributed by atoms with Crippen molar-refractivity contribution in [3.8, 4) is 0 Å². The van der Waals surface area contributed by atoms with Crippen molar-refractivity contribution >= 4 is 10.4 Å². The highest BCUT2D eigenvalue weighted by atomic mass is 32.3. The quantitative estimate of drug-likeness (QED) is 0.554. The lowest BCUT2D eigenvalue weighted by atomic mass is 10.5. The summed E-state index contributed by atoms with van der Waals surface area (Å²) in [6.07, 6.45) is 0.0864. The summed E-state index contributed by atoms with van der Waals surface area (Å²) in [5.41, 5.74) is 0. The molecule has 0 heterocycles. The Morgan fingerprint density at radius 2 is 1.12 bits per heavy atom. The smallest absolute Gasteiger partial charge is 0.376 e. The average molecular weight is 270 g/mol. The van der Waals surface area contributed by atoms with Gasteiger partial charge in [0, 0.05) is 0 Å². The molecule has 0 aliphatic rings. The lowest BCUT2D eigenvalue weighted by molar-refractivity contribution is 0.0403. The molecule has 0 aliphatic carbocycles. The van der Waals surface area contributed by atoms with Crippen molar-refractivity contribution in [1.29, 1.82) is 0 Å². The van der Waals surface area contributed by atoms with E-state index in [2.05, 4.69) is 8.37 Å². The molecule has 0 N–H and O–H groups in total. The fourth-order valence-corrected chi connectivity index (χ4v) is 1.49. The number of ether oxygens (including phenoxy) is 2. The fraction of sp³-hybridized carbons (Fsp3) is 1.00. The zero-order valence-electron chi connectivity index (χ0n) is 10.8. The summed E-state index contributed by atoms with van der Waals surface area (Å²) in [5, 5.41) is 0. The third-order valence-electron chi connectivity index (χ3n) is 1.52. The van der Waals surface area contributed by atoms with Crippen LogP contribution in [0.2, 0.25) is 0 Å². The van der Waals surface area contributed by atoms with Gasteiger partial charge in [0.25, 0.3) is 0 Å². The lowest BCUT2D eigenvalue weighted by Crippen LogP contribution is -2.18. The van der Waals surface area contributed by atoms with E-state index < -0.39 is 10.4 Å². The first-order valence-corrected chi connectivity index (χ1v) is 6.94. The summed E-state index contributed by atoms with van der Waals surface area (Å²) in [6, 6.07) is 0. The van der Waals surface area contributed by atoms with E-state index in [0.29, 0.717) is 0 Å². The minimum Gasteiger partial charge on any atom is -0.376 e. The molecule has 0 bridgehead atoms. The summed E-state index contributed by atoms with van der Waals surface area (Å²) in [5.74, 6) is 0. The van der Waals surface area contributed by atoms with Gasteiger partial charge in [0.2, 0.25) is 0 Å². The molecule has 104 valence electrons. The van der Waals surface area contributed by atoms with Gasteiger partial charge >= 0.3 is 10.4 Å². The molecule has 0 fully saturated rings. The van der Waals surface area contributed by atoms with Crippen molar-refractivity contribution in [3.05, 3.63) is 0 Å². The topological polar surface area (TPSA) is 71.1 Å². The highest BCUT2D eigenvalue weighted by Crippen LogP contribution is 1.98. The van der Waals surface area contributed by atoms with Crippen LogP contribution in [-0.4, -0.2) is 47.1 Å². The van der Waals surface area contributed by atoms with Gasteiger partial charge < -0.3 is 9.47 Å². The first-order valence-electron chi connectivity index (χ1n) is 5.60. The molecule has 6 nitrogen and oxygen atoms in total. The lowest BCUT2D eigenvalue weighted by Gasteiger charge is -2.09. The zero-order chi connectivity index (χ0) is 13.3. The minimum atomic E-state index is -3.94. The van der Waals surface area contributed by atoms with Gasteiger partial charge in [-0.15, -0.1) is 0 Å². The molecule has 0 saturated heterocycles. The van der Waals surface area contributed by atoms with E-state index in [1.54, 1.807) is 0 Å². The highest BCUT2D eigenvalue weighted by molar-refractivity contribution is 7.81. The predicted molar refractivity (Wildman–Crippen MR) is 63.0 cm³/mol. The minimum absolute atomic E-state index is 0.0432. The molecule has 0 spiro atoms.